The molecule has 0 radical (unpaired) electrons. The number of anilines is 1. The Labute approximate surface area is 163 Å². The molecule has 1 fully saturated rings. The van der Waals surface area contributed by atoms with E-state index in [1.165, 1.54) is 0 Å². The summed E-state index contributed by atoms with van der Waals surface area (Å²) >= 11 is 3.40. The molecular formula is C19H23BrN2O3S. The van der Waals surface area contributed by atoms with Crippen LogP contribution in [0.15, 0.2) is 51.8 Å². The van der Waals surface area contributed by atoms with Crippen LogP contribution < -0.4 is 14.4 Å². The van der Waals surface area contributed by atoms with Crippen molar-refractivity contribution in [3.05, 3.63) is 52.5 Å². The highest BCUT2D eigenvalue weighted by atomic mass is 79.9. The van der Waals surface area contributed by atoms with Crippen molar-refractivity contribution in [1.29, 1.82) is 0 Å². The Morgan fingerprint density at radius 1 is 1.12 bits per heavy atom. The average molecular weight is 439 g/mol. The predicted molar refractivity (Wildman–Crippen MR) is 107 cm³/mol. The van der Waals surface area contributed by atoms with E-state index in [1.807, 2.05) is 31.2 Å². The van der Waals surface area contributed by atoms with Gasteiger partial charge in [-0.1, -0.05) is 15.9 Å². The van der Waals surface area contributed by atoms with Crippen molar-refractivity contribution in [3.8, 4) is 5.75 Å². The summed E-state index contributed by atoms with van der Waals surface area (Å²) in [6.07, 6.45) is 1.56. The number of benzene rings is 2. The SMILES string of the molecule is COc1ccc(N2CCC(NS(=O)(=O)c3ccc(Br)c(C)c3)CC2)cc1. The first kappa shape index (κ1) is 19.2. The van der Waals surface area contributed by atoms with Gasteiger partial charge in [0.25, 0.3) is 0 Å². The molecule has 0 saturated carbocycles. The van der Waals surface area contributed by atoms with E-state index in [9.17, 15) is 8.42 Å². The Morgan fingerprint density at radius 2 is 1.77 bits per heavy atom. The van der Waals surface area contributed by atoms with Crippen molar-refractivity contribution in [1.82, 2.24) is 4.72 Å². The van der Waals surface area contributed by atoms with Crippen LogP contribution in [-0.4, -0.2) is 34.7 Å². The van der Waals surface area contributed by atoms with E-state index < -0.39 is 10.0 Å². The van der Waals surface area contributed by atoms with Gasteiger partial charge in [0.2, 0.25) is 10.0 Å². The number of ether oxygens (including phenoxy) is 1. The largest absolute Gasteiger partial charge is 0.497 e. The fraction of sp³-hybridized carbons (Fsp3) is 0.368. The van der Waals surface area contributed by atoms with Crippen molar-refractivity contribution in [3.63, 3.8) is 0 Å². The normalized spacial score (nSPS) is 15.9. The summed E-state index contributed by atoms with van der Waals surface area (Å²) in [5.41, 5.74) is 2.04. The summed E-state index contributed by atoms with van der Waals surface area (Å²) in [6.45, 7) is 3.52. The molecule has 26 heavy (non-hydrogen) atoms. The van der Waals surface area contributed by atoms with E-state index in [0.717, 1.165) is 47.4 Å². The van der Waals surface area contributed by atoms with E-state index in [4.69, 9.17) is 4.74 Å². The first-order valence-corrected chi connectivity index (χ1v) is 10.8. The lowest BCUT2D eigenvalue weighted by molar-refractivity contribution is 0.414. The summed E-state index contributed by atoms with van der Waals surface area (Å²) in [6, 6.07) is 13.0. The van der Waals surface area contributed by atoms with Gasteiger partial charge >= 0.3 is 0 Å². The fourth-order valence-electron chi connectivity index (χ4n) is 3.12. The molecule has 1 aliphatic heterocycles. The van der Waals surface area contributed by atoms with E-state index in [-0.39, 0.29) is 6.04 Å². The standard InChI is InChI=1S/C19H23BrN2O3S/c1-14-13-18(7-8-19(14)20)26(23,24)21-15-9-11-22(12-10-15)16-3-5-17(25-2)6-4-16/h3-8,13,15,21H,9-12H2,1-2H3. The Bertz CT molecular complexity index is 861. The van der Waals surface area contributed by atoms with Crippen LogP contribution in [0.25, 0.3) is 0 Å². The molecule has 1 heterocycles. The molecule has 0 amide bonds. The van der Waals surface area contributed by atoms with Gasteiger partial charge in [-0.15, -0.1) is 0 Å². The summed E-state index contributed by atoms with van der Waals surface area (Å²) < 4.78 is 34.2. The molecular weight excluding hydrogens is 416 g/mol. The maximum atomic E-state index is 12.6. The number of sulfonamides is 1. The lowest BCUT2D eigenvalue weighted by Crippen LogP contribution is -2.44. The molecule has 0 spiro atoms. The van der Waals surface area contributed by atoms with Crippen LogP contribution in [0.2, 0.25) is 0 Å². The summed E-state index contributed by atoms with van der Waals surface area (Å²) in [5, 5.41) is 0. The number of rotatable bonds is 5. The van der Waals surface area contributed by atoms with Crippen molar-refractivity contribution in [2.75, 3.05) is 25.1 Å². The monoisotopic (exact) mass is 438 g/mol. The lowest BCUT2D eigenvalue weighted by Gasteiger charge is -2.33. The molecule has 0 bridgehead atoms. The molecule has 140 valence electrons. The first-order valence-electron chi connectivity index (χ1n) is 8.56. The maximum absolute atomic E-state index is 12.6. The van der Waals surface area contributed by atoms with Crippen LogP contribution in [0.4, 0.5) is 5.69 Å². The predicted octanol–water partition coefficient (Wildman–Crippen LogP) is 3.71. The number of hydrogen-bond acceptors (Lipinski definition) is 4. The van der Waals surface area contributed by atoms with E-state index in [2.05, 4.69) is 25.6 Å². The van der Waals surface area contributed by atoms with E-state index in [1.54, 1.807) is 25.3 Å². The molecule has 1 N–H and O–H groups in total. The Hall–Kier alpha value is -1.57. The van der Waals surface area contributed by atoms with Gasteiger partial charge in [0.15, 0.2) is 0 Å². The summed E-state index contributed by atoms with van der Waals surface area (Å²) in [7, 11) is -1.84. The minimum Gasteiger partial charge on any atom is -0.497 e. The number of hydrogen-bond donors (Lipinski definition) is 1. The highest BCUT2D eigenvalue weighted by molar-refractivity contribution is 9.10. The second-order valence-corrected chi connectivity index (χ2v) is 9.06. The third kappa shape index (κ3) is 4.39. The van der Waals surface area contributed by atoms with Crippen molar-refractivity contribution < 1.29 is 13.2 Å². The highest BCUT2D eigenvalue weighted by Crippen LogP contribution is 2.24. The second kappa shape index (κ2) is 7.98. The number of piperidine rings is 1. The Balaban J connectivity index is 1.61. The van der Waals surface area contributed by atoms with Gasteiger partial charge in [0.05, 0.1) is 12.0 Å². The minimum absolute atomic E-state index is 0.0431. The number of halogens is 1. The fourth-order valence-corrected chi connectivity index (χ4v) is 4.76. The molecule has 1 aliphatic rings. The molecule has 0 atom stereocenters. The Morgan fingerprint density at radius 3 is 2.35 bits per heavy atom. The third-order valence-corrected chi connectivity index (χ3v) is 7.10. The summed E-state index contributed by atoms with van der Waals surface area (Å²) in [4.78, 5) is 2.59. The molecule has 2 aromatic carbocycles. The maximum Gasteiger partial charge on any atom is 0.240 e. The zero-order chi connectivity index (χ0) is 18.7. The quantitative estimate of drug-likeness (QED) is 0.772. The van der Waals surface area contributed by atoms with Gasteiger partial charge in [-0.05, 0) is 67.8 Å². The summed E-state index contributed by atoms with van der Waals surface area (Å²) in [5.74, 6) is 0.834. The van der Waals surface area contributed by atoms with Gasteiger partial charge in [0.1, 0.15) is 5.75 Å². The molecule has 5 nitrogen and oxygen atoms in total. The molecule has 1 saturated heterocycles. The number of methoxy groups -OCH3 is 1. The first-order chi connectivity index (χ1) is 12.4. The molecule has 2 aromatic rings. The molecule has 0 aromatic heterocycles. The highest BCUT2D eigenvalue weighted by Gasteiger charge is 2.25. The van der Waals surface area contributed by atoms with Crippen LogP contribution in [0, 0.1) is 6.92 Å². The van der Waals surface area contributed by atoms with Crippen molar-refractivity contribution in [2.45, 2.75) is 30.7 Å². The van der Waals surface area contributed by atoms with E-state index >= 15 is 0 Å². The van der Waals surface area contributed by atoms with Gasteiger partial charge in [-0.25, -0.2) is 13.1 Å². The van der Waals surface area contributed by atoms with Gasteiger partial charge in [-0.3, -0.25) is 0 Å². The topological polar surface area (TPSA) is 58.6 Å². The Kier molecular flexibility index (Phi) is 5.89. The van der Waals surface area contributed by atoms with Crippen LogP contribution in [0.3, 0.4) is 0 Å². The molecule has 3 rings (SSSR count). The van der Waals surface area contributed by atoms with Crippen molar-refractivity contribution in [2.24, 2.45) is 0 Å². The van der Waals surface area contributed by atoms with Gasteiger partial charge in [-0.2, -0.15) is 0 Å². The third-order valence-electron chi connectivity index (χ3n) is 4.69. The van der Waals surface area contributed by atoms with Crippen LogP contribution >= 0.6 is 15.9 Å². The van der Waals surface area contributed by atoms with Crippen LogP contribution in [0.1, 0.15) is 18.4 Å². The zero-order valence-electron chi connectivity index (χ0n) is 14.9. The van der Waals surface area contributed by atoms with Crippen LogP contribution in [0.5, 0.6) is 5.75 Å². The smallest absolute Gasteiger partial charge is 0.240 e. The average Bonchev–Trinajstić information content (AvgIpc) is 2.64. The second-order valence-electron chi connectivity index (χ2n) is 6.49. The van der Waals surface area contributed by atoms with E-state index in [0.29, 0.717) is 4.90 Å². The molecule has 0 unspecified atom stereocenters. The molecule has 7 heteroatoms. The van der Waals surface area contributed by atoms with Crippen molar-refractivity contribution >= 4 is 31.6 Å². The molecule has 0 aliphatic carbocycles. The van der Waals surface area contributed by atoms with Crippen LogP contribution in [-0.2, 0) is 10.0 Å². The minimum atomic E-state index is -3.50. The van der Waals surface area contributed by atoms with Gasteiger partial charge in [0, 0.05) is 29.3 Å². The zero-order valence-corrected chi connectivity index (χ0v) is 17.3. The number of aryl methyl sites for hydroxylation is 1. The lowest BCUT2D eigenvalue weighted by atomic mass is 10.1. The van der Waals surface area contributed by atoms with Gasteiger partial charge < -0.3 is 9.64 Å². The number of nitrogens with one attached hydrogen (secondary N) is 1. The number of nitrogens with zero attached hydrogens (tertiary/aromatic N) is 1.